The zero-order chi connectivity index (χ0) is 14.8. The maximum Gasteiger partial charge on any atom is 0.223 e. The Labute approximate surface area is 120 Å². The standard InChI is InChI=1S/C16H24N2O2/c1-12(13-4-6-14(17)7-5-13)10-15(19)18-9-3-8-16(2,20)11-18/h4-7,12,20H,3,8-11,17H2,1-2H3. The van der Waals surface area contributed by atoms with Crippen molar-refractivity contribution in [1.29, 1.82) is 0 Å². The zero-order valence-corrected chi connectivity index (χ0v) is 12.3. The first-order valence-corrected chi connectivity index (χ1v) is 7.23. The number of amides is 1. The molecule has 0 saturated carbocycles. The average molecular weight is 276 g/mol. The molecule has 2 rings (SSSR count). The van der Waals surface area contributed by atoms with Crippen LogP contribution in [-0.2, 0) is 4.79 Å². The summed E-state index contributed by atoms with van der Waals surface area (Å²) < 4.78 is 0. The third kappa shape index (κ3) is 3.73. The fraction of sp³-hybridized carbons (Fsp3) is 0.562. The van der Waals surface area contributed by atoms with E-state index in [4.69, 9.17) is 5.73 Å². The number of anilines is 1. The molecule has 0 bridgehead atoms. The van der Waals surface area contributed by atoms with E-state index in [0.29, 0.717) is 13.0 Å². The summed E-state index contributed by atoms with van der Waals surface area (Å²) in [6, 6.07) is 7.67. The van der Waals surface area contributed by atoms with Gasteiger partial charge in [-0.15, -0.1) is 0 Å². The molecule has 0 spiro atoms. The lowest BCUT2D eigenvalue weighted by Crippen LogP contribution is -2.48. The van der Waals surface area contributed by atoms with Gasteiger partial charge in [0.2, 0.25) is 5.91 Å². The Hall–Kier alpha value is -1.55. The van der Waals surface area contributed by atoms with Crippen LogP contribution in [0.5, 0.6) is 0 Å². The Morgan fingerprint density at radius 1 is 1.45 bits per heavy atom. The van der Waals surface area contributed by atoms with Gasteiger partial charge in [0.25, 0.3) is 0 Å². The van der Waals surface area contributed by atoms with Crippen LogP contribution in [0.2, 0.25) is 0 Å². The summed E-state index contributed by atoms with van der Waals surface area (Å²) in [5, 5.41) is 10.1. The third-order valence-corrected chi connectivity index (χ3v) is 4.01. The van der Waals surface area contributed by atoms with Gasteiger partial charge in [-0.2, -0.15) is 0 Å². The molecule has 1 heterocycles. The largest absolute Gasteiger partial charge is 0.399 e. The van der Waals surface area contributed by atoms with E-state index in [9.17, 15) is 9.90 Å². The molecule has 1 amide bonds. The van der Waals surface area contributed by atoms with Crippen molar-refractivity contribution in [2.45, 2.75) is 44.6 Å². The van der Waals surface area contributed by atoms with Gasteiger partial charge < -0.3 is 15.7 Å². The lowest BCUT2D eigenvalue weighted by atomic mass is 9.93. The summed E-state index contributed by atoms with van der Waals surface area (Å²) in [7, 11) is 0. The minimum absolute atomic E-state index is 0.120. The van der Waals surface area contributed by atoms with E-state index >= 15 is 0 Å². The fourth-order valence-electron chi connectivity index (χ4n) is 2.77. The molecule has 2 unspecified atom stereocenters. The molecule has 3 N–H and O–H groups in total. The van der Waals surface area contributed by atoms with Crippen LogP contribution in [0.3, 0.4) is 0 Å². The van der Waals surface area contributed by atoms with E-state index < -0.39 is 5.60 Å². The Kier molecular flexibility index (Phi) is 4.33. The Bertz CT molecular complexity index is 468. The van der Waals surface area contributed by atoms with Gasteiger partial charge >= 0.3 is 0 Å². The summed E-state index contributed by atoms with van der Waals surface area (Å²) in [4.78, 5) is 14.1. The predicted octanol–water partition coefficient (Wildman–Crippen LogP) is 2.14. The Balaban J connectivity index is 1.95. The fourth-order valence-corrected chi connectivity index (χ4v) is 2.77. The van der Waals surface area contributed by atoms with E-state index in [1.165, 1.54) is 0 Å². The molecule has 4 heteroatoms. The van der Waals surface area contributed by atoms with Gasteiger partial charge in [0, 0.05) is 25.2 Å². The lowest BCUT2D eigenvalue weighted by Gasteiger charge is -2.37. The van der Waals surface area contributed by atoms with Gasteiger partial charge in [0.05, 0.1) is 5.60 Å². The second-order valence-electron chi connectivity index (χ2n) is 6.19. The van der Waals surface area contributed by atoms with Crippen LogP contribution in [0.15, 0.2) is 24.3 Å². The molecule has 0 radical (unpaired) electrons. The van der Waals surface area contributed by atoms with Gasteiger partial charge in [0.1, 0.15) is 0 Å². The molecule has 0 aromatic heterocycles. The average Bonchev–Trinajstić information content (AvgIpc) is 2.38. The monoisotopic (exact) mass is 276 g/mol. The summed E-state index contributed by atoms with van der Waals surface area (Å²) in [5.41, 5.74) is 6.79. The summed E-state index contributed by atoms with van der Waals surface area (Å²) in [6.07, 6.45) is 2.11. The van der Waals surface area contributed by atoms with Crippen LogP contribution in [-0.4, -0.2) is 34.6 Å². The van der Waals surface area contributed by atoms with Crippen molar-refractivity contribution in [3.8, 4) is 0 Å². The SMILES string of the molecule is CC(CC(=O)N1CCCC(C)(O)C1)c1ccc(N)cc1. The van der Waals surface area contributed by atoms with Crippen LogP contribution in [0.25, 0.3) is 0 Å². The van der Waals surface area contributed by atoms with Crippen molar-refractivity contribution < 1.29 is 9.90 Å². The molecule has 20 heavy (non-hydrogen) atoms. The zero-order valence-electron chi connectivity index (χ0n) is 12.3. The van der Waals surface area contributed by atoms with E-state index in [0.717, 1.165) is 30.6 Å². The van der Waals surface area contributed by atoms with Crippen molar-refractivity contribution in [2.24, 2.45) is 0 Å². The van der Waals surface area contributed by atoms with Crippen LogP contribution >= 0.6 is 0 Å². The number of aliphatic hydroxyl groups is 1. The van der Waals surface area contributed by atoms with E-state index in [1.54, 1.807) is 11.8 Å². The number of nitrogens with zero attached hydrogens (tertiary/aromatic N) is 1. The highest BCUT2D eigenvalue weighted by molar-refractivity contribution is 5.77. The number of hydrogen-bond acceptors (Lipinski definition) is 3. The van der Waals surface area contributed by atoms with Gasteiger partial charge in [-0.25, -0.2) is 0 Å². The first-order valence-electron chi connectivity index (χ1n) is 7.23. The normalized spacial score (nSPS) is 24.4. The quantitative estimate of drug-likeness (QED) is 0.831. The number of likely N-dealkylation sites (tertiary alicyclic amines) is 1. The van der Waals surface area contributed by atoms with Gasteiger partial charge in [-0.05, 0) is 43.4 Å². The van der Waals surface area contributed by atoms with Crippen LogP contribution in [0.1, 0.15) is 44.6 Å². The minimum Gasteiger partial charge on any atom is -0.399 e. The maximum atomic E-state index is 12.3. The number of β-amino-alcohol motifs (C(OH)–C–C–N with tert-alkyl or cyclic N) is 1. The number of piperidine rings is 1. The lowest BCUT2D eigenvalue weighted by molar-refractivity contribution is -0.137. The highest BCUT2D eigenvalue weighted by Gasteiger charge is 2.31. The Morgan fingerprint density at radius 2 is 2.10 bits per heavy atom. The molecule has 110 valence electrons. The number of hydrogen-bond donors (Lipinski definition) is 2. The molecule has 1 saturated heterocycles. The molecule has 1 fully saturated rings. The number of carbonyl (C=O) groups excluding carboxylic acids is 1. The molecule has 1 aromatic rings. The molecule has 1 aromatic carbocycles. The van der Waals surface area contributed by atoms with Gasteiger partial charge in [-0.3, -0.25) is 4.79 Å². The number of rotatable bonds is 3. The topological polar surface area (TPSA) is 66.6 Å². The minimum atomic E-state index is -0.738. The first kappa shape index (κ1) is 14.9. The number of nitrogen functional groups attached to an aromatic ring is 1. The molecular formula is C16H24N2O2. The van der Waals surface area contributed by atoms with Crippen molar-refractivity contribution in [3.05, 3.63) is 29.8 Å². The third-order valence-electron chi connectivity index (χ3n) is 4.01. The number of nitrogens with two attached hydrogens (primary N) is 1. The van der Waals surface area contributed by atoms with Crippen molar-refractivity contribution >= 4 is 11.6 Å². The summed E-state index contributed by atoms with van der Waals surface area (Å²) in [6.45, 7) is 5.05. The molecule has 1 aliphatic rings. The number of benzene rings is 1. The van der Waals surface area contributed by atoms with Crippen molar-refractivity contribution in [3.63, 3.8) is 0 Å². The predicted molar refractivity (Wildman–Crippen MR) is 80.3 cm³/mol. The van der Waals surface area contributed by atoms with Gasteiger partial charge in [0.15, 0.2) is 0 Å². The van der Waals surface area contributed by atoms with Crippen LogP contribution in [0.4, 0.5) is 5.69 Å². The molecule has 0 aliphatic carbocycles. The van der Waals surface area contributed by atoms with Gasteiger partial charge in [-0.1, -0.05) is 19.1 Å². The maximum absolute atomic E-state index is 12.3. The van der Waals surface area contributed by atoms with Crippen LogP contribution in [0, 0.1) is 0 Å². The molecule has 2 atom stereocenters. The van der Waals surface area contributed by atoms with E-state index in [-0.39, 0.29) is 11.8 Å². The van der Waals surface area contributed by atoms with Crippen molar-refractivity contribution in [2.75, 3.05) is 18.8 Å². The van der Waals surface area contributed by atoms with E-state index in [1.807, 2.05) is 31.2 Å². The molecule has 4 nitrogen and oxygen atoms in total. The van der Waals surface area contributed by atoms with Crippen LogP contribution < -0.4 is 5.73 Å². The highest BCUT2D eigenvalue weighted by atomic mass is 16.3. The van der Waals surface area contributed by atoms with E-state index in [2.05, 4.69) is 0 Å². The molecular weight excluding hydrogens is 252 g/mol. The highest BCUT2D eigenvalue weighted by Crippen LogP contribution is 2.25. The Morgan fingerprint density at radius 3 is 2.70 bits per heavy atom. The second kappa shape index (κ2) is 5.83. The second-order valence-corrected chi connectivity index (χ2v) is 6.19. The smallest absolute Gasteiger partial charge is 0.223 e. The van der Waals surface area contributed by atoms with Crippen molar-refractivity contribution in [1.82, 2.24) is 4.90 Å². The first-order chi connectivity index (χ1) is 9.37. The molecule has 1 aliphatic heterocycles. The summed E-state index contributed by atoms with van der Waals surface area (Å²) in [5.74, 6) is 0.282. The number of carbonyl (C=O) groups is 1. The summed E-state index contributed by atoms with van der Waals surface area (Å²) >= 11 is 0.